The molecular weight excluding hydrogens is 108 g/mol. The Morgan fingerprint density at radius 3 is 2.89 bits per heavy atom. The smallest absolute Gasteiger partial charge is 0.0117 e. The minimum atomic E-state index is 0.787. The zero-order valence-electron chi connectivity index (χ0n) is 5.93. The molecule has 2 atom stereocenters. The van der Waals surface area contributed by atoms with Gasteiger partial charge in [0.15, 0.2) is 0 Å². The van der Waals surface area contributed by atoms with Crippen LogP contribution in [0.5, 0.6) is 0 Å². The Morgan fingerprint density at radius 2 is 2.56 bits per heavy atom. The Labute approximate surface area is 57.7 Å². The summed E-state index contributed by atoms with van der Waals surface area (Å²) in [6.07, 6.45) is 11.1. The average molecular weight is 121 g/mol. The zero-order valence-corrected chi connectivity index (χ0v) is 5.93. The highest BCUT2D eigenvalue weighted by atomic mass is 14.3. The zero-order chi connectivity index (χ0) is 6.69. The van der Waals surface area contributed by atoms with Gasteiger partial charge in [0.2, 0.25) is 0 Å². The van der Waals surface area contributed by atoms with Crippen LogP contribution < -0.4 is 0 Å². The van der Waals surface area contributed by atoms with Crippen molar-refractivity contribution in [2.24, 2.45) is 11.8 Å². The van der Waals surface area contributed by atoms with Crippen LogP contribution in [0.1, 0.15) is 26.2 Å². The second-order valence-electron chi connectivity index (χ2n) is 2.71. The van der Waals surface area contributed by atoms with Gasteiger partial charge in [0, 0.05) is 6.42 Å². The third-order valence-corrected chi connectivity index (χ3v) is 2.02. The summed E-state index contributed by atoms with van der Waals surface area (Å²) in [6, 6.07) is 0. The van der Waals surface area contributed by atoms with Crippen LogP contribution in [0.15, 0.2) is 0 Å². The molecule has 0 nitrogen and oxygen atoms in total. The van der Waals surface area contributed by atoms with Gasteiger partial charge in [-0.1, -0.05) is 13.3 Å². The molecule has 0 saturated heterocycles. The average Bonchev–Trinajstić information content (AvgIpc) is 2.64. The standard InChI is InChI=1S/C9H13/c1-3-5-8(4-2)9-6-7-9/h1,6,8-9H,4-5,7H2,2H3. The SMILES string of the molecule is C#CCC(CC)C1[CH]C1. The largest absolute Gasteiger partial charge is 0.120 e. The maximum Gasteiger partial charge on any atom is 0.0117 e. The molecule has 0 aromatic carbocycles. The normalized spacial score (nSPS) is 20.9. The van der Waals surface area contributed by atoms with Crippen LogP contribution in [0.2, 0.25) is 0 Å². The van der Waals surface area contributed by atoms with Gasteiger partial charge in [0.25, 0.3) is 0 Å². The van der Waals surface area contributed by atoms with Crippen molar-refractivity contribution in [1.29, 1.82) is 0 Å². The van der Waals surface area contributed by atoms with Crippen LogP contribution in [0.25, 0.3) is 0 Å². The van der Waals surface area contributed by atoms with E-state index >= 15 is 0 Å². The first-order chi connectivity index (χ1) is 4.38. The molecule has 0 amide bonds. The number of rotatable bonds is 3. The first kappa shape index (κ1) is 6.68. The van der Waals surface area contributed by atoms with E-state index in [0.29, 0.717) is 0 Å². The van der Waals surface area contributed by atoms with E-state index in [9.17, 15) is 0 Å². The predicted molar refractivity (Wildman–Crippen MR) is 39.6 cm³/mol. The summed E-state index contributed by atoms with van der Waals surface area (Å²) in [5.41, 5.74) is 0. The Kier molecular flexibility index (Phi) is 2.16. The van der Waals surface area contributed by atoms with Crippen molar-refractivity contribution in [2.75, 3.05) is 0 Å². The maximum atomic E-state index is 5.21. The van der Waals surface area contributed by atoms with Gasteiger partial charge in [-0.15, -0.1) is 12.3 Å². The second kappa shape index (κ2) is 2.92. The molecule has 1 radical (unpaired) electrons. The molecule has 0 spiro atoms. The van der Waals surface area contributed by atoms with Crippen molar-refractivity contribution in [1.82, 2.24) is 0 Å². The van der Waals surface area contributed by atoms with E-state index in [4.69, 9.17) is 6.42 Å². The predicted octanol–water partition coefficient (Wildman–Crippen LogP) is 2.26. The molecule has 1 aliphatic rings. The lowest BCUT2D eigenvalue weighted by Gasteiger charge is -2.07. The Morgan fingerprint density at radius 1 is 1.89 bits per heavy atom. The van der Waals surface area contributed by atoms with Gasteiger partial charge in [-0.05, 0) is 24.7 Å². The van der Waals surface area contributed by atoms with Gasteiger partial charge in [-0.2, -0.15) is 0 Å². The molecule has 0 aromatic heterocycles. The van der Waals surface area contributed by atoms with Gasteiger partial charge in [-0.25, -0.2) is 0 Å². The van der Waals surface area contributed by atoms with E-state index in [-0.39, 0.29) is 0 Å². The molecule has 0 heterocycles. The van der Waals surface area contributed by atoms with Crippen LogP contribution in [0, 0.1) is 30.6 Å². The van der Waals surface area contributed by atoms with Crippen molar-refractivity contribution in [2.45, 2.75) is 26.2 Å². The van der Waals surface area contributed by atoms with Crippen molar-refractivity contribution >= 4 is 0 Å². The highest BCUT2D eigenvalue weighted by molar-refractivity contribution is 5.02. The summed E-state index contributed by atoms with van der Waals surface area (Å²) in [7, 11) is 0. The molecule has 49 valence electrons. The fourth-order valence-corrected chi connectivity index (χ4v) is 1.21. The lowest BCUT2D eigenvalue weighted by Crippen LogP contribution is -1.98. The fraction of sp³-hybridized carbons (Fsp3) is 0.667. The van der Waals surface area contributed by atoms with Crippen LogP contribution in [-0.2, 0) is 0 Å². The highest BCUT2D eigenvalue weighted by Gasteiger charge is 2.29. The molecule has 1 rings (SSSR count). The van der Waals surface area contributed by atoms with E-state index in [2.05, 4.69) is 19.3 Å². The summed E-state index contributed by atoms with van der Waals surface area (Å²) in [5, 5.41) is 0. The number of terminal acetylenes is 1. The van der Waals surface area contributed by atoms with Gasteiger partial charge in [0.1, 0.15) is 0 Å². The molecule has 0 aromatic rings. The molecule has 0 heteroatoms. The molecule has 9 heavy (non-hydrogen) atoms. The van der Waals surface area contributed by atoms with Gasteiger partial charge in [0.05, 0.1) is 0 Å². The van der Waals surface area contributed by atoms with Crippen LogP contribution >= 0.6 is 0 Å². The molecule has 0 aliphatic heterocycles. The Bertz CT molecular complexity index is 114. The van der Waals surface area contributed by atoms with Crippen molar-refractivity contribution in [3.8, 4) is 12.3 Å². The van der Waals surface area contributed by atoms with Crippen molar-refractivity contribution < 1.29 is 0 Å². The third-order valence-electron chi connectivity index (χ3n) is 2.02. The van der Waals surface area contributed by atoms with Crippen LogP contribution in [0.3, 0.4) is 0 Å². The van der Waals surface area contributed by atoms with E-state index in [0.717, 1.165) is 18.3 Å². The van der Waals surface area contributed by atoms with E-state index in [1.54, 1.807) is 0 Å². The monoisotopic (exact) mass is 121 g/mol. The van der Waals surface area contributed by atoms with E-state index < -0.39 is 0 Å². The molecule has 1 aliphatic carbocycles. The van der Waals surface area contributed by atoms with E-state index in [1.807, 2.05) is 0 Å². The Balaban J connectivity index is 2.22. The second-order valence-corrected chi connectivity index (χ2v) is 2.71. The quantitative estimate of drug-likeness (QED) is 0.502. The lowest BCUT2D eigenvalue weighted by molar-refractivity contribution is 0.471. The lowest BCUT2D eigenvalue weighted by atomic mass is 9.97. The highest BCUT2D eigenvalue weighted by Crippen LogP contribution is 2.38. The minimum absolute atomic E-state index is 0.787. The summed E-state index contributed by atoms with van der Waals surface area (Å²) < 4.78 is 0. The summed E-state index contributed by atoms with van der Waals surface area (Å²) >= 11 is 0. The molecule has 2 unspecified atom stereocenters. The number of hydrogen-bond acceptors (Lipinski definition) is 0. The maximum absolute atomic E-state index is 5.21. The molecular formula is C9H13. The number of hydrogen-bond donors (Lipinski definition) is 0. The summed E-state index contributed by atoms with van der Waals surface area (Å²) in [6.45, 7) is 2.22. The fourth-order valence-electron chi connectivity index (χ4n) is 1.21. The molecule has 1 fully saturated rings. The van der Waals surface area contributed by atoms with E-state index in [1.165, 1.54) is 12.8 Å². The molecule has 1 saturated carbocycles. The van der Waals surface area contributed by atoms with Crippen molar-refractivity contribution in [3.05, 3.63) is 6.42 Å². The summed E-state index contributed by atoms with van der Waals surface area (Å²) in [4.78, 5) is 0. The molecule has 0 N–H and O–H groups in total. The minimum Gasteiger partial charge on any atom is -0.120 e. The van der Waals surface area contributed by atoms with Crippen LogP contribution in [0.4, 0.5) is 0 Å². The van der Waals surface area contributed by atoms with Crippen molar-refractivity contribution in [3.63, 3.8) is 0 Å². The topological polar surface area (TPSA) is 0 Å². The first-order valence-electron chi connectivity index (χ1n) is 3.65. The van der Waals surface area contributed by atoms with Gasteiger partial charge in [-0.3, -0.25) is 0 Å². The Hall–Kier alpha value is -0.440. The molecule has 0 bridgehead atoms. The van der Waals surface area contributed by atoms with Gasteiger partial charge < -0.3 is 0 Å². The first-order valence-corrected chi connectivity index (χ1v) is 3.65. The van der Waals surface area contributed by atoms with Crippen LogP contribution in [-0.4, -0.2) is 0 Å². The summed E-state index contributed by atoms with van der Waals surface area (Å²) in [5.74, 6) is 4.37. The third kappa shape index (κ3) is 1.75. The van der Waals surface area contributed by atoms with Gasteiger partial charge >= 0.3 is 0 Å².